The van der Waals surface area contributed by atoms with Crippen LogP contribution >= 0.6 is 0 Å². The lowest BCUT2D eigenvalue weighted by molar-refractivity contribution is 0.281. The third-order valence-electron chi connectivity index (χ3n) is 4.28. The van der Waals surface area contributed by atoms with Crippen LogP contribution in [0.2, 0.25) is 0 Å². The number of aromatic nitrogens is 2. The number of hydrogen-bond donors (Lipinski definition) is 2. The summed E-state index contributed by atoms with van der Waals surface area (Å²) in [5.41, 5.74) is 2.94. The Labute approximate surface area is 139 Å². The number of nitrogens with one attached hydrogen (secondary N) is 1. The summed E-state index contributed by atoms with van der Waals surface area (Å²) in [7, 11) is 0. The third kappa shape index (κ3) is 2.57. The molecular weight excluding hydrogens is 298 g/mol. The molecule has 24 heavy (non-hydrogen) atoms. The van der Waals surface area contributed by atoms with Crippen molar-refractivity contribution in [1.29, 1.82) is 0 Å². The van der Waals surface area contributed by atoms with Crippen molar-refractivity contribution in [2.45, 2.75) is 13.2 Å². The van der Waals surface area contributed by atoms with Gasteiger partial charge in [0.1, 0.15) is 12.1 Å². The normalized spacial score (nSPS) is 11.0. The van der Waals surface area contributed by atoms with Gasteiger partial charge in [-0.3, -0.25) is 0 Å². The molecule has 0 fully saturated rings. The molecule has 0 saturated carbocycles. The first-order valence-electron chi connectivity index (χ1n) is 7.91. The van der Waals surface area contributed by atoms with Crippen LogP contribution in [0.4, 0.5) is 5.82 Å². The van der Waals surface area contributed by atoms with Crippen molar-refractivity contribution in [3.63, 3.8) is 0 Å². The maximum Gasteiger partial charge on any atom is 0.137 e. The molecule has 0 unspecified atom stereocenters. The highest BCUT2D eigenvalue weighted by molar-refractivity contribution is 5.90. The first-order valence-corrected chi connectivity index (χ1v) is 7.91. The summed E-state index contributed by atoms with van der Waals surface area (Å²) in [6, 6.07) is 20.2. The van der Waals surface area contributed by atoms with Gasteiger partial charge in [0.2, 0.25) is 0 Å². The van der Waals surface area contributed by atoms with Crippen molar-refractivity contribution in [1.82, 2.24) is 9.97 Å². The van der Waals surface area contributed by atoms with Gasteiger partial charge in [0, 0.05) is 11.9 Å². The lowest BCUT2D eigenvalue weighted by Gasteiger charge is -2.14. The van der Waals surface area contributed by atoms with Gasteiger partial charge >= 0.3 is 0 Å². The van der Waals surface area contributed by atoms with Crippen LogP contribution in [0.1, 0.15) is 11.1 Å². The number of fused-ring (bicyclic) bond motifs is 2. The minimum absolute atomic E-state index is 0.0202. The number of hydrogen-bond acceptors (Lipinski definition) is 4. The quantitative estimate of drug-likeness (QED) is 0.600. The predicted molar refractivity (Wildman–Crippen MR) is 96.7 cm³/mol. The second kappa shape index (κ2) is 6.26. The lowest BCUT2D eigenvalue weighted by atomic mass is 9.99. The molecule has 118 valence electrons. The molecule has 0 spiro atoms. The van der Waals surface area contributed by atoms with E-state index in [2.05, 4.69) is 27.4 Å². The van der Waals surface area contributed by atoms with E-state index >= 15 is 0 Å². The molecule has 0 aliphatic heterocycles. The van der Waals surface area contributed by atoms with Crippen LogP contribution in [-0.2, 0) is 13.2 Å². The smallest absolute Gasteiger partial charge is 0.137 e. The van der Waals surface area contributed by atoms with Crippen molar-refractivity contribution in [2.24, 2.45) is 0 Å². The van der Waals surface area contributed by atoms with Gasteiger partial charge in [0.15, 0.2) is 0 Å². The summed E-state index contributed by atoms with van der Waals surface area (Å²) >= 11 is 0. The SMILES string of the molecule is OCc1ccc2ccccc2c1CNc1ncnc2ccccc12. The largest absolute Gasteiger partial charge is 0.392 e. The second-order valence-electron chi connectivity index (χ2n) is 5.68. The van der Waals surface area contributed by atoms with Gasteiger partial charge < -0.3 is 10.4 Å². The minimum Gasteiger partial charge on any atom is -0.392 e. The molecule has 2 N–H and O–H groups in total. The van der Waals surface area contributed by atoms with Crippen LogP contribution in [0.3, 0.4) is 0 Å². The van der Waals surface area contributed by atoms with E-state index in [1.54, 1.807) is 6.33 Å². The Hall–Kier alpha value is -2.98. The molecule has 4 aromatic rings. The van der Waals surface area contributed by atoms with E-state index in [4.69, 9.17) is 0 Å². The van der Waals surface area contributed by atoms with Crippen LogP contribution in [0, 0.1) is 0 Å². The fourth-order valence-corrected chi connectivity index (χ4v) is 3.06. The summed E-state index contributed by atoms with van der Waals surface area (Å²) in [6.07, 6.45) is 1.57. The first kappa shape index (κ1) is 14.6. The van der Waals surface area contributed by atoms with E-state index in [1.165, 1.54) is 5.39 Å². The zero-order chi connectivity index (χ0) is 16.4. The summed E-state index contributed by atoms with van der Waals surface area (Å²) < 4.78 is 0. The first-order chi connectivity index (χ1) is 11.9. The van der Waals surface area contributed by atoms with Gasteiger partial charge in [-0.05, 0) is 34.0 Å². The van der Waals surface area contributed by atoms with Gasteiger partial charge in [0.25, 0.3) is 0 Å². The number of aliphatic hydroxyl groups excluding tert-OH is 1. The van der Waals surface area contributed by atoms with Gasteiger partial charge in [-0.25, -0.2) is 9.97 Å². The van der Waals surface area contributed by atoms with Crippen LogP contribution in [-0.4, -0.2) is 15.1 Å². The Balaban J connectivity index is 1.74. The Kier molecular flexibility index (Phi) is 3.81. The number of aliphatic hydroxyl groups is 1. The van der Waals surface area contributed by atoms with Crippen LogP contribution < -0.4 is 5.32 Å². The molecule has 1 aromatic heterocycles. The van der Waals surface area contributed by atoms with Crippen molar-refractivity contribution in [3.8, 4) is 0 Å². The lowest BCUT2D eigenvalue weighted by Crippen LogP contribution is -2.06. The Bertz CT molecular complexity index is 1010. The highest BCUT2D eigenvalue weighted by Crippen LogP contribution is 2.25. The Morgan fingerprint density at radius 2 is 1.62 bits per heavy atom. The summed E-state index contributed by atoms with van der Waals surface area (Å²) in [6.45, 7) is 0.616. The number of nitrogens with zero attached hydrogens (tertiary/aromatic N) is 2. The molecule has 3 aromatic carbocycles. The molecule has 0 aliphatic carbocycles. The summed E-state index contributed by atoms with van der Waals surface area (Å²) in [5, 5.41) is 16.4. The molecule has 0 saturated heterocycles. The van der Waals surface area contributed by atoms with Crippen LogP contribution in [0.15, 0.2) is 67.0 Å². The maximum absolute atomic E-state index is 9.69. The van der Waals surface area contributed by atoms with Gasteiger partial charge in [-0.15, -0.1) is 0 Å². The molecule has 0 atom stereocenters. The molecule has 0 radical (unpaired) electrons. The van der Waals surface area contributed by atoms with Crippen LogP contribution in [0.25, 0.3) is 21.7 Å². The van der Waals surface area contributed by atoms with Crippen LogP contribution in [0.5, 0.6) is 0 Å². The highest BCUT2D eigenvalue weighted by atomic mass is 16.3. The van der Waals surface area contributed by atoms with Crippen molar-refractivity contribution in [3.05, 3.63) is 78.1 Å². The van der Waals surface area contributed by atoms with Crippen molar-refractivity contribution < 1.29 is 5.11 Å². The zero-order valence-corrected chi connectivity index (χ0v) is 13.1. The number of rotatable bonds is 4. The van der Waals surface area contributed by atoms with E-state index in [9.17, 15) is 5.11 Å². The minimum atomic E-state index is 0.0202. The molecule has 1 heterocycles. The second-order valence-corrected chi connectivity index (χ2v) is 5.68. The number of benzene rings is 3. The van der Waals surface area contributed by atoms with Crippen molar-refractivity contribution >= 4 is 27.5 Å². The average Bonchev–Trinajstić information content (AvgIpc) is 2.66. The zero-order valence-electron chi connectivity index (χ0n) is 13.1. The van der Waals surface area contributed by atoms with Crippen molar-refractivity contribution in [2.75, 3.05) is 5.32 Å². The summed E-state index contributed by atoms with van der Waals surface area (Å²) in [4.78, 5) is 8.66. The highest BCUT2D eigenvalue weighted by Gasteiger charge is 2.09. The fraction of sp³-hybridized carbons (Fsp3) is 0.100. The van der Waals surface area contributed by atoms with E-state index in [0.717, 1.165) is 33.2 Å². The summed E-state index contributed by atoms with van der Waals surface area (Å²) in [5.74, 6) is 0.803. The maximum atomic E-state index is 9.69. The topological polar surface area (TPSA) is 58.0 Å². The molecule has 4 nitrogen and oxygen atoms in total. The van der Waals surface area contributed by atoms with Gasteiger partial charge in [-0.2, -0.15) is 0 Å². The fourth-order valence-electron chi connectivity index (χ4n) is 3.06. The molecule has 4 heteroatoms. The standard InChI is InChI=1S/C20H17N3O/c24-12-15-10-9-14-5-1-2-6-16(14)18(15)11-21-20-17-7-3-4-8-19(17)22-13-23-20/h1-10,13,24H,11-12H2,(H,21,22,23). The molecule has 0 bridgehead atoms. The third-order valence-corrected chi connectivity index (χ3v) is 4.28. The monoisotopic (exact) mass is 315 g/mol. The Morgan fingerprint density at radius 3 is 2.50 bits per heavy atom. The number of anilines is 1. The molecule has 0 amide bonds. The number of para-hydroxylation sites is 1. The Morgan fingerprint density at radius 1 is 0.833 bits per heavy atom. The predicted octanol–water partition coefficient (Wildman–Crippen LogP) is 3.89. The molecular formula is C20H17N3O. The van der Waals surface area contributed by atoms with Gasteiger partial charge in [0.05, 0.1) is 12.1 Å². The average molecular weight is 315 g/mol. The molecule has 4 rings (SSSR count). The van der Waals surface area contributed by atoms with E-state index in [1.807, 2.05) is 48.5 Å². The van der Waals surface area contributed by atoms with E-state index < -0.39 is 0 Å². The van der Waals surface area contributed by atoms with E-state index in [0.29, 0.717) is 6.54 Å². The van der Waals surface area contributed by atoms with E-state index in [-0.39, 0.29) is 6.61 Å². The molecule has 0 aliphatic rings. The van der Waals surface area contributed by atoms with Gasteiger partial charge in [-0.1, -0.05) is 48.5 Å².